The van der Waals surface area contributed by atoms with Gasteiger partial charge in [0.05, 0.1) is 5.92 Å². The molecule has 2 heteroatoms. The minimum atomic E-state index is -0.0555. The van der Waals surface area contributed by atoms with E-state index in [9.17, 15) is 4.79 Å². The summed E-state index contributed by atoms with van der Waals surface area (Å²) in [6.45, 7) is 6.68. The van der Waals surface area contributed by atoms with Crippen LogP contribution in [0.1, 0.15) is 57.9 Å². The smallest absolute Gasteiger partial charge is 0.314 e. The van der Waals surface area contributed by atoms with Crippen molar-refractivity contribution in [2.45, 2.75) is 59.3 Å². The van der Waals surface area contributed by atoms with Gasteiger partial charge in [-0.3, -0.25) is 4.79 Å². The number of rotatable bonds is 6. The van der Waals surface area contributed by atoms with Crippen LogP contribution in [0.25, 0.3) is 11.1 Å². The zero-order chi connectivity index (χ0) is 19.2. The third-order valence-corrected chi connectivity index (χ3v) is 6.07. The number of aryl methyl sites for hydroxylation is 1. The highest BCUT2D eigenvalue weighted by atomic mass is 16.5. The largest absolute Gasteiger partial charge is 0.426 e. The number of hydrogen-bond donors (Lipinski definition) is 0. The Bertz CT molecular complexity index is 722. The van der Waals surface area contributed by atoms with Crippen molar-refractivity contribution in [3.63, 3.8) is 0 Å². The Morgan fingerprint density at radius 3 is 2.07 bits per heavy atom. The maximum absolute atomic E-state index is 12.5. The highest BCUT2D eigenvalue weighted by molar-refractivity contribution is 5.75. The summed E-state index contributed by atoms with van der Waals surface area (Å²) < 4.78 is 5.66. The Kier molecular flexibility index (Phi) is 6.71. The lowest BCUT2D eigenvalue weighted by atomic mass is 9.78. The molecular weight excluding hydrogens is 332 g/mol. The first-order valence-corrected chi connectivity index (χ1v) is 10.4. The zero-order valence-electron chi connectivity index (χ0n) is 16.9. The molecule has 2 aromatic rings. The molecule has 0 amide bonds. The summed E-state index contributed by atoms with van der Waals surface area (Å²) in [5.41, 5.74) is 3.57. The monoisotopic (exact) mass is 364 g/mol. The van der Waals surface area contributed by atoms with Crippen LogP contribution in [-0.4, -0.2) is 5.97 Å². The molecule has 2 aromatic carbocycles. The molecule has 2 nitrogen and oxygen atoms in total. The van der Waals surface area contributed by atoms with Gasteiger partial charge in [0, 0.05) is 0 Å². The van der Waals surface area contributed by atoms with Crippen LogP contribution in [0.15, 0.2) is 48.5 Å². The van der Waals surface area contributed by atoms with E-state index in [1.807, 2.05) is 24.3 Å². The van der Waals surface area contributed by atoms with Crippen molar-refractivity contribution >= 4 is 5.97 Å². The summed E-state index contributed by atoms with van der Waals surface area (Å²) in [5, 5.41) is 0. The van der Waals surface area contributed by atoms with Gasteiger partial charge in [0.15, 0.2) is 0 Å². The molecule has 0 N–H and O–H groups in total. The lowest BCUT2D eigenvalue weighted by Crippen LogP contribution is -2.26. The minimum Gasteiger partial charge on any atom is -0.426 e. The molecule has 144 valence electrons. The van der Waals surface area contributed by atoms with Gasteiger partial charge in [0.1, 0.15) is 5.75 Å². The van der Waals surface area contributed by atoms with Crippen molar-refractivity contribution in [3.05, 3.63) is 54.1 Å². The van der Waals surface area contributed by atoms with Gasteiger partial charge in [-0.1, -0.05) is 62.2 Å². The van der Waals surface area contributed by atoms with Crippen molar-refractivity contribution in [2.75, 3.05) is 0 Å². The Labute approximate surface area is 164 Å². The number of benzene rings is 2. The summed E-state index contributed by atoms with van der Waals surface area (Å²) in [6, 6.07) is 16.3. The predicted molar refractivity (Wildman–Crippen MR) is 112 cm³/mol. The maximum Gasteiger partial charge on any atom is 0.314 e. The van der Waals surface area contributed by atoms with Gasteiger partial charge < -0.3 is 4.74 Å². The van der Waals surface area contributed by atoms with Gasteiger partial charge in [-0.15, -0.1) is 0 Å². The number of ether oxygens (including phenoxy) is 1. The third kappa shape index (κ3) is 5.45. The normalized spacial score (nSPS) is 20.9. The third-order valence-electron chi connectivity index (χ3n) is 6.07. The summed E-state index contributed by atoms with van der Waals surface area (Å²) in [6.07, 6.45) is 6.83. The van der Waals surface area contributed by atoms with Gasteiger partial charge >= 0.3 is 5.97 Å². The van der Waals surface area contributed by atoms with Gasteiger partial charge in [0.25, 0.3) is 0 Å². The molecule has 0 unspecified atom stereocenters. The number of carbonyl (C=O) groups is 1. The molecule has 0 aliphatic heterocycles. The molecule has 0 spiro atoms. The van der Waals surface area contributed by atoms with Crippen molar-refractivity contribution in [1.29, 1.82) is 0 Å². The summed E-state index contributed by atoms with van der Waals surface area (Å²) in [5.74, 6) is 2.25. The van der Waals surface area contributed by atoms with Gasteiger partial charge in [-0.2, -0.15) is 0 Å². The van der Waals surface area contributed by atoms with Crippen LogP contribution in [0, 0.1) is 24.7 Å². The number of esters is 1. The van der Waals surface area contributed by atoms with E-state index in [1.54, 1.807) is 0 Å². The second kappa shape index (κ2) is 9.21. The van der Waals surface area contributed by atoms with Crippen molar-refractivity contribution in [3.8, 4) is 16.9 Å². The summed E-state index contributed by atoms with van der Waals surface area (Å²) >= 11 is 0. The van der Waals surface area contributed by atoms with Crippen LogP contribution in [0.2, 0.25) is 0 Å². The highest BCUT2D eigenvalue weighted by Crippen LogP contribution is 2.34. The summed E-state index contributed by atoms with van der Waals surface area (Å²) in [7, 11) is 0. The van der Waals surface area contributed by atoms with E-state index in [2.05, 4.69) is 45.0 Å². The maximum atomic E-state index is 12.5. The topological polar surface area (TPSA) is 26.3 Å². The van der Waals surface area contributed by atoms with Crippen molar-refractivity contribution in [2.24, 2.45) is 17.8 Å². The average molecular weight is 365 g/mol. The van der Waals surface area contributed by atoms with Crippen LogP contribution in [0.3, 0.4) is 0 Å². The molecular formula is C25H32O2. The molecule has 0 saturated heterocycles. The van der Waals surface area contributed by atoms with E-state index in [1.165, 1.54) is 24.0 Å². The quantitative estimate of drug-likeness (QED) is 0.416. The average Bonchev–Trinajstić information content (AvgIpc) is 2.69. The Balaban J connectivity index is 1.52. The van der Waals surface area contributed by atoms with E-state index in [0.717, 1.165) is 43.1 Å². The second-order valence-corrected chi connectivity index (χ2v) is 8.28. The summed E-state index contributed by atoms with van der Waals surface area (Å²) in [4.78, 5) is 12.5. The van der Waals surface area contributed by atoms with Gasteiger partial charge in [0.2, 0.25) is 0 Å². The van der Waals surface area contributed by atoms with Gasteiger partial charge in [-0.25, -0.2) is 0 Å². The van der Waals surface area contributed by atoms with Crippen LogP contribution >= 0.6 is 0 Å². The fourth-order valence-electron chi connectivity index (χ4n) is 4.03. The van der Waals surface area contributed by atoms with E-state index in [-0.39, 0.29) is 11.9 Å². The van der Waals surface area contributed by atoms with Crippen LogP contribution < -0.4 is 4.74 Å². The molecule has 0 radical (unpaired) electrons. The van der Waals surface area contributed by atoms with Crippen LogP contribution in [0.5, 0.6) is 5.75 Å². The Morgan fingerprint density at radius 1 is 0.963 bits per heavy atom. The van der Waals surface area contributed by atoms with Crippen LogP contribution in [0.4, 0.5) is 0 Å². The van der Waals surface area contributed by atoms with Crippen molar-refractivity contribution in [1.82, 2.24) is 0 Å². The fourth-order valence-corrected chi connectivity index (χ4v) is 4.03. The fraction of sp³-hybridized carbons (Fsp3) is 0.480. The van der Waals surface area contributed by atoms with E-state index < -0.39 is 0 Å². The minimum absolute atomic E-state index is 0.0555. The molecule has 3 rings (SSSR count). The molecule has 1 aliphatic rings. The first-order chi connectivity index (χ1) is 13.0. The molecule has 27 heavy (non-hydrogen) atoms. The zero-order valence-corrected chi connectivity index (χ0v) is 16.9. The first-order valence-electron chi connectivity index (χ1n) is 10.4. The van der Waals surface area contributed by atoms with E-state index in [4.69, 9.17) is 4.74 Å². The molecule has 1 aliphatic carbocycles. The first kappa shape index (κ1) is 19.7. The highest BCUT2D eigenvalue weighted by Gasteiger charge is 2.28. The molecule has 1 saturated carbocycles. The molecule has 1 atom stereocenters. The van der Waals surface area contributed by atoms with Gasteiger partial charge in [-0.05, 0) is 74.1 Å². The Morgan fingerprint density at radius 2 is 1.52 bits per heavy atom. The molecule has 1 fully saturated rings. The standard InChI is InChI=1S/C25H32O2/c1-4-18(2)17-20-7-11-23(12-8-20)25(26)27-24-15-13-22(14-16-24)21-9-5-19(3)6-10-21/h5-6,9-10,13-16,18,20,23H,4,7-8,11-12,17H2,1-3H3/t18-,20?,23?/m1/s1. The van der Waals surface area contributed by atoms with Crippen LogP contribution in [-0.2, 0) is 4.79 Å². The molecule has 0 aromatic heterocycles. The lowest BCUT2D eigenvalue weighted by molar-refractivity contribution is -0.140. The Hall–Kier alpha value is -2.09. The lowest BCUT2D eigenvalue weighted by Gasteiger charge is -2.28. The predicted octanol–water partition coefficient (Wildman–Crippen LogP) is 6.81. The second-order valence-electron chi connectivity index (χ2n) is 8.28. The van der Waals surface area contributed by atoms with E-state index in [0.29, 0.717) is 5.75 Å². The molecule has 0 bridgehead atoms. The van der Waals surface area contributed by atoms with E-state index >= 15 is 0 Å². The number of carbonyl (C=O) groups excluding carboxylic acids is 1. The number of hydrogen-bond acceptors (Lipinski definition) is 2. The SMILES string of the molecule is CC[C@@H](C)CC1CCC(C(=O)Oc2ccc(-c3ccc(C)cc3)cc2)CC1. The van der Waals surface area contributed by atoms with Crippen molar-refractivity contribution < 1.29 is 9.53 Å². The molecule has 0 heterocycles.